The number of benzene rings is 1. The van der Waals surface area contributed by atoms with Gasteiger partial charge in [-0.15, -0.1) is 0 Å². The zero-order valence-corrected chi connectivity index (χ0v) is 10.0. The molecule has 3 heterocycles. The fraction of sp³-hybridized carbons (Fsp3) is 0.571. The molecular weight excluding hydrogens is 214 g/mol. The van der Waals surface area contributed by atoms with Crippen LogP contribution in [0.1, 0.15) is 31.2 Å². The van der Waals surface area contributed by atoms with Gasteiger partial charge in [0.15, 0.2) is 0 Å². The lowest BCUT2D eigenvalue weighted by Gasteiger charge is -2.53. The van der Waals surface area contributed by atoms with E-state index in [1.165, 1.54) is 5.56 Å². The third kappa shape index (κ3) is 1.22. The zero-order valence-electron chi connectivity index (χ0n) is 10.0. The summed E-state index contributed by atoms with van der Waals surface area (Å²) in [6.07, 6.45) is 2.61. The van der Waals surface area contributed by atoms with Crippen LogP contribution in [0.15, 0.2) is 30.3 Å². The molecule has 0 radical (unpaired) electrons. The molecule has 90 valence electrons. The molecule has 3 aliphatic heterocycles. The highest BCUT2D eigenvalue weighted by atomic mass is 17.0. The number of fused-ring (bicyclic) bond motifs is 1. The standard InChI is InChI=1S/C14H17NO2/c1-14-11-7-12(17-15(14)16-9-11)8-13(14)10-5-3-2-4-6-10/h2-6,11-13H,7-9H2,1H3/t11-,12-,13+,14+/m0/s1. The molecule has 0 aromatic heterocycles. The summed E-state index contributed by atoms with van der Waals surface area (Å²) < 4.78 is 0. The van der Waals surface area contributed by atoms with E-state index in [1.54, 1.807) is 5.23 Å². The number of hydroxylamine groups is 2. The number of nitrogens with zero attached hydrogens (tertiary/aromatic N) is 1. The molecule has 17 heavy (non-hydrogen) atoms. The number of hydrogen-bond donors (Lipinski definition) is 0. The predicted octanol–water partition coefficient (Wildman–Crippen LogP) is 2.50. The lowest BCUT2D eigenvalue weighted by Crippen LogP contribution is -2.60. The highest BCUT2D eigenvalue weighted by molar-refractivity contribution is 5.27. The number of rotatable bonds is 1. The fourth-order valence-electron chi connectivity index (χ4n) is 3.77. The topological polar surface area (TPSA) is 21.7 Å². The summed E-state index contributed by atoms with van der Waals surface area (Å²) in [5, 5.41) is 1.80. The monoisotopic (exact) mass is 231 g/mol. The van der Waals surface area contributed by atoms with E-state index in [-0.39, 0.29) is 5.54 Å². The van der Waals surface area contributed by atoms with Gasteiger partial charge in [-0.1, -0.05) is 35.6 Å². The van der Waals surface area contributed by atoms with Crippen LogP contribution in [0.25, 0.3) is 0 Å². The van der Waals surface area contributed by atoms with Crippen LogP contribution in [0.2, 0.25) is 0 Å². The van der Waals surface area contributed by atoms with E-state index in [4.69, 9.17) is 9.68 Å². The molecule has 4 bridgehead atoms. The Morgan fingerprint density at radius 3 is 2.82 bits per heavy atom. The third-order valence-electron chi connectivity index (χ3n) is 4.81. The van der Waals surface area contributed by atoms with Gasteiger partial charge in [0.25, 0.3) is 0 Å². The van der Waals surface area contributed by atoms with Gasteiger partial charge >= 0.3 is 0 Å². The van der Waals surface area contributed by atoms with Crippen LogP contribution < -0.4 is 0 Å². The van der Waals surface area contributed by atoms with Crippen molar-refractivity contribution in [2.45, 2.75) is 37.3 Å². The normalized spacial score (nSPS) is 47.4. The summed E-state index contributed by atoms with van der Waals surface area (Å²) in [5.41, 5.74) is 1.44. The van der Waals surface area contributed by atoms with E-state index in [2.05, 4.69) is 37.3 Å². The Balaban J connectivity index is 1.78. The van der Waals surface area contributed by atoms with Crippen LogP contribution in [-0.4, -0.2) is 23.5 Å². The average molecular weight is 231 g/mol. The summed E-state index contributed by atoms with van der Waals surface area (Å²) in [5.74, 6) is 1.14. The zero-order chi connectivity index (χ0) is 11.5. The molecule has 5 atom stereocenters. The molecule has 3 nitrogen and oxygen atoms in total. The SMILES string of the molecule is C[C@]12[C@@H]3CON1O[C@@H](C3)C[C@@H]2c1ccccc1. The van der Waals surface area contributed by atoms with E-state index >= 15 is 0 Å². The summed E-state index contributed by atoms with van der Waals surface area (Å²) in [7, 11) is 0. The van der Waals surface area contributed by atoms with Crippen LogP contribution in [-0.2, 0) is 9.68 Å². The van der Waals surface area contributed by atoms with Gasteiger partial charge < -0.3 is 0 Å². The third-order valence-corrected chi connectivity index (χ3v) is 4.81. The van der Waals surface area contributed by atoms with E-state index in [9.17, 15) is 0 Å². The minimum Gasteiger partial charge on any atom is -0.273 e. The van der Waals surface area contributed by atoms with Gasteiger partial charge in [-0.05, 0) is 25.3 Å². The van der Waals surface area contributed by atoms with Crippen molar-refractivity contribution < 1.29 is 9.68 Å². The molecule has 1 aromatic carbocycles. The maximum Gasteiger partial charge on any atom is 0.0830 e. The first-order valence-electron chi connectivity index (χ1n) is 6.43. The summed E-state index contributed by atoms with van der Waals surface area (Å²) in [6.45, 7) is 3.11. The van der Waals surface area contributed by atoms with Crippen LogP contribution in [0, 0.1) is 5.92 Å². The first-order chi connectivity index (χ1) is 8.28. The maximum atomic E-state index is 5.84. The van der Waals surface area contributed by atoms with Crippen molar-refractivity contribution in [3.8, 4) is 0 Å². The van der Waals surface area contributed by atoms with Crippen molar-refractivity contribution in [1.82, 2.24) is 5.23 Å². The second-order valence-corrected chi connectivity index (χ2v) is 5.64. The van der Waals surface area contributed by atoms with Crippen molar-refractivity contribution in [3.05, 3.63) is 35.9 Å². The summed E-state index contributed by atoms with van der Waals surface area (Å²) in [6, 6.07) is 10.8. The van der Waals surface area contributed by atoms with Gasteiger partial charge in [-0.2, -0.15) is 0 Å². The van der Waals surface area contributed by atoms with Crippen LogP contribution >= 0.6 is 0 Å². The highest BCUT2D eigenvalue weighted by Gasteiger charge is 2.61. The van der Waals surface area contributed by atoms with Crippen molar-refractivity contribution in [3.63, 3.8) is 0 Å². The first kappa shape index (κ1) is 10.1. The summed E-state index contributed by atoms with van der Waals surface area (Å²) in [4.78, 5) is 11.5. The molecule has 1 aromatic rings. The molecule has 0 N–H and O–H groups in total. The van der Waals surface area contributed by atoms with Gasteiger partial charge in [0.1, 0.15) is 0 Å². The molecular formula is C14H17NO2. The molecule has 3 heteroatoms. The van der Waals surface area contributed by atoms with Gasteiger partial charge in [-0.3, -0.25) is 9.68 Å². The van der Waals surface area contributed by atoms with E-state index in [1.807, 2.05) is 0 Å². The molecule has 5 rings (SSSR count). The quantitative estimate of drug-likeness (QED) is 0.741. The average Bonchev–Trinajstić information content (AvgIpc) is 2.58. The number of hydrogen-bond acceptors (Lipinski definition) is 3. The van der Waals surface area contributed by atoms with Crippen molar-refractivity contribution in [2.75, 3.05) is 6.61 Å². The molecule has 0 spiro atoms. The van der Waals surface area contributed by atoms with Crippen molar-refractivity contribution >= 4 is 0 Å². The molecule has 4 fully saturated rings. The van der Waals surface area contributed by atoms with Gasteiger partial charge in [0.05, 0.1) is 18.2 Å². The van der Waals surface area contributed by atoms with Crippen LogP contribution in [0.4, 0.5) is 0 Å². The molecule has 0 amide bonds. The van der Waals surface area contributed by atoms with Gasteiger partial charge in [0, 0.05) is 11.8 Å². The minimum atomic E-state index is 0.0239. The molecule has 1 saturated carbocycles. The first-order valence-corrected chi connectivity index (χ1v) is 6.43. The van der Waals surface area contributed by atoms with Crippen LogP contribution in [0.5, 0.6) is 0 Å². The van der Waals surface area contributed by atoms with Gasteiger partial charge in [0.2, 0.25) is 0 Å². The molecule has 4 aliphatic rings. The van der Waals surface area contributed by atoms with E-state index < -0.39 is 0 Å². The Morgan fingerprint density at radius 2 is 2.06 bits per heavy atom. The fourth-order valence-corrected chi connectivity index (χ4v) is 3.77. The lowest BCUT2D eigenvalue weighted by atomic mass is 9.64. The van der Waals surface area contributed by atoms with Gasteiger partial charge in [-0.25, -0.2) is 0 Å². The van der Waals surface area contributed by atoms with E-state index in [0.717, 1.165) is 19.4 Å². The minimum absolute atomic E-state index is 0.0239. The molecule has 1 unspecified atom stereocenters. The Bertz CT molecular complexity index is 419. The molecule has 1 aliphatic carbocycles. The molecule has 3 saturated heterocycles. The largest absolute Gasteiger partial charge is 0.273 e. The van der Waals surface area contributed by atoms with Crippen molar-refractivity contribution in [2.24, 2.45) is 5.92 Å². The highest BCUT2D eigenvalue weighted by Crippen LogP contribution is 2.56. The summed E-state index contributed by atoms with van der Waals surface area (Å²) >= 11 is 0. The predicted molar refractivity (Wildman–Crippen MR) is 63.0 cm³/mol. The van der Waals surface area contributed by atoms with Crippen molar-refractivity contribution in [1.29, 1.82) is 0 Å². The Morgan fingerprint density at radius 1 is 1.24 bits per heavy atom. The Hall–Kier alpha value is -0.900. The Labute approximate surface area is 101 Å². The smallest absolute Gasteiger partial charge is 0.0830 e. The Kier molecular flexibility index (Phi) is 1.96. The maximum absolute atomic E-state index is 5.84. The second-order valence-electron chi connectivity index (χ2n) is 5.64. The second kappa shape index (κ2) is 3.31. The lowest BCUT2D eigenvalue weighted by molar-refractivity contribution is -0.428. The van der Waals surface area contributed by atoms with Crippen LogP contribution in [0.3, 0.4) is 0 Å². The van der Waals surface area contributed by atoms with E-state index in [0.29, 0.717) is 17.9 Å².